The highest BCUT2D eigenvalue weighted by molar-refractivity contribution is 6.30. The molecule has 1 atom stereocenters. The van der Waals surface area contributed by atoms with Gasteiger partial charge in [-0.25, -0.2) is 0 Å². The molecule has 0 radical (unpaired) electrons. The zero-order chi connectivity index (χ0) is 7.84. The van der Waals surface area contributed by atoms with Crippen LogP contribution < -0.4 is 5.73 Å². The third-order valence-corrected chi connectivity index (χ3v) is 2.46. The fourth-order valence-electron chi connectivity index (χ4n) is 1.62. The molecule has 0 aliphatic heterocycles. The van der Waals surface area contributed by atoms with Crippen LogP contribution in [0.5, 0.6) is 0 Å². The topological polar surface area (TPSA) is 26.0 Å². The number of rotatable bonds is 0. The third-order valence-electron chi connectivity index (χ3n) is 2.23. The van der Waals surface area contributed by atoms with E-state index in [4.69, 9.17) is 17.3 Å². The second kappa shape index (κ2) is 2.50. The van der Waals surface area contributed by atoms with Crippen LogP contribution in [0.4, 0.5) is 0 Å². The smallest absolute Gasteiger partial charge is 0.0408 e. The van der Waals surface area contributed by atoms with Crippen LogP contribution in [0.15, 0.2) is 18.2 Å². The van der Waals surface area contributed by atoms with Crippen LogP contribution in [0, 0.1) is 0 Å². The summed E-state index contributed by atoms with van der Waals surface area (Å²) in [6.07, 6.45) is 2.15. The monoisotopic (exact) mass is 167 g/mol. The highest BCUT2D eigenvalue weighted by atomic mass is 35.5. The molecular formula is C9H10ClN. The van der Waals surface area contributed by atoms with Gasteiger partial charge in [0, 0.05) is 11.1 Å². The maximum Gasteiger partial charge on any atom is 0.0408 e. The fraction of sp³-hybridized carbons (Fsp3) is 0.333. The Morgan fingerprint density at radius 2 is 2.27 bits per heavy atom. The molecule has 0 aromatic heterocycles. The molecule has 1 aliphatic carbocycles. The number of benzene rings is 1. The Morgan fingerprint density at radius 1 is 1.45 bits per heavy atom. The lowest BCUT2D eigenvalue weighted by Gasteiger charge is -2.03. The van der Waals surface area contributed by atoms with Gasteiger partial charge in [-0.1, -0.05) is 17.7 Å². The van der Waals surface area contributed by atoms with Gasteiger partial charge in [0.15, 0.2) is 0 Å². The first-order chi connectivity index (χ1) is 5.27. The van der Waals surface area contributed by atoms with Crippen molar-refractivity contribution < 1.29 is 0 Å². The third kappa shape index (κ3) is 1.15. The Balaban J connectivity index is 2.50. The van der Waals surface area contributed by atoms with Crippen molar-refractivity contribution >= 4 is 11.6 Å². The van der Waals surface area contributed by atoms with Gasteiger partial charge in [-0.05, 0) is 36.1 Å². The molecule has 2 N–H and O–H groups in total. The Labute approximate surface area is 71.2 Å². The van der Waals surface area contributed by atoms with Gasteiger partial charge in [-0.2, -0.15) is 0 Å². The fourth-order valence-corrected chi connectivity index (χ4v) is 1.81. The number of hydrogen-bond donors (Lipinski definition) is 1. The minimum Gasteiger partial charge on any atom is -0.324 e. The number of halogens is 1. The number of hydrogen-bond acceptors (Lipinski definition) is 1. The van der Waals surface area contributed by atoms with Crippen LogP contribution in [-0.4, -0.2) is 0 Å². The van der Waals surface area contributed by atoms with Gasteiger partial charge in [0.05, 0.1) is 0 Å². The summed E-state index contributed by atoms with van der Waals surface area (Å²) in [6.45, 7) is 0. The number of nitrogens with two attached hydrogens (primary N) is 1. The van der Waals surface area contributed by atoms with Crippen molar-refractivity contribution in [1.82, 2.24) is 0 Å². The predicted octanol–water partition coefficient (Wildman–Crippen LogP) is 2.29. The first-order valence-corrected chi connectivity index (χ1v) is 4.19. The molecule has 0 saturated heterocycles. The summed E-state index contributed by atoms with van der Waals surface area (Å²) in [5.74, 6) is 0. The molecule has 0 bridgehead atoms. The Morgan fingerprint density at radius 3 is 3.09 bits per heavy atom. The molecule has 1 aromatic rings. The van der Waals surface area contributed by atoms with Crippen molar-refractivity contribution in [1.29, 1.82) is 0 Å². The average molecular weight is 168 g/mol. The lowest BCUT2D eigenvalue weighted by molar-refractivity contribution is 0.713. The van der Waals surface area contributed by atoms with E-state index in [0.29, 0.717) is 0 Å². The van der Waals surface area contributed by atoms with Gasteiger partial charge >= 0.3 is 0 Å². The van der Waals surface area contributed by atoms with E-state index in [1.54, 1.807) is 0 Å². The van der Waals surface area contributed by atoms with E-state index in [1.165, 1.54) is 11.1 Å². The Bertz CT molecular complexity index is 283. The summed E-state index contributed by atoms with van der Waals surface area (Å²) < 4.78 is 0. The minimum absolute atomic E-state index is 0.238. The normalized spacial score (nSPS) is 21.8. The molecular weight excluding hydrogens is 158 g/mol. The van der Waals surface area contributed by atoms with Crippen molar-refractivity contribution in [3.8, 4) is 0 Å². The Kier molecular flexibility index (Phi) is 1.63. The standard InChI is InChI=1S/C9H10ClN/c10-7-2-3-8-6(5-7)1-4-9(8)11/h2-3,5,9H,1,4,11H2. The van der Waals surface area contributed by atoms with Gasteiger partial charge in [-0.15, -0.1) is 0 Å². The van der Waals surface area contributed by atoms with Gasteiger partial charge in [-0.3, -0.25) is 0 Å². The van der Waals surface area contributed by atoms with E-state index in [-0.39, 0.29) is 6.04 Å². The molecule has 2 heteroatoms. The lowest BCUT2D eigenvalue weighted by Crippen LogP contribution is -2.04. The van der Waals surface area contributed by atoms with E-state index in [2.05, 4.69) is 0 Å². The molecule has 2 rings (SSSR count). The van der Waals surface area contributed by atoms with Gasteiger partial charge in [0.1, 0.15) is 0 Å². The minimum atomic E-state index is 0.238. The number of fused-ring (bicyclic) bond motifs is 1. The second-order valence-corrected chi connectivity index (χ2v) is 3.42. The van der Waals surface area contributed by atoms with Gasteiger partial charge < -0.3 is 5.73 Å². The van der Waals surface area contributed by atoms with Crippen LogP contribution in [0.3, 0.4) is 0 Å². The highest BCUT2D eigenvalue weighted by Crippen LogP contribution is 2.30. The zero-order valence-corrected chi connectivity index (χ0v) is 6.93. The van der Waals surface area contributed by atoms with Crippen LogP contribution in [0.1, 0.15) is 23.6 Å². The molecule has 1 nitrogen and oxygen atoms in total. The highest BCUT2D eigenvalue weighted by Gasteiger charge is 2.18. The largest absolute Gasteiger partial charge is 0.324 e. The van der Waals surface area contributed by atoms with E-state index in [9.17, 15) is 0 Å². The first kappa shape index (κ1) is 7.14. The molecule has 0 amide bonds. The molecule has 1 aliphatic rings. The summed E-state index contributed by atoms with van der Waals surface area (Å²) in [5.41, 5.74) is 8.45. The van der Waals surface area contributed by atoms with Crippen LogP contribution in [0.2, 0.25) is 5.02 Å². The van der Waals surface area contributed by atoms with E-state index < -0.39 is 0 Å². The maximum atomic E-state index is 5.85. The molecule has 1 unspecified atom stereocenters. The van der Waals surface area contributed by atoms with Gasteiger partial charge in [0.25, 0.3) is 0 Å². The summed E-state index contributed by atoms with van der Waals surface area (Å²) in [4.78, 5) is 0. The molecule has 0 fully saturated rings. The van der Waals surface area contributed by atoms with Crippen molar-refractivity contribution in [2.24, 2.45) is 5.73 Å². The summed E-state index contributed by atoms with van der Waals surface area (Å²) >= 11 is 5.83. The molecule has 58 valence electrons. The summed E-state index contributed by atoms with van der Waals surface area (Å²) in [7, 11) is 0. The summed E-state index contributed by atoms with van der Waals surface area (Å²) in [5, 5.41) is 0.817. The van der Waals surface area contributed by atoms with E-state index in [1.807, 2.05) is 18.2 Å². The predicted molar refractivity (Wildman–Crippen MR) is 46.7 cm³/mol. The van der Waals surface area contributed by atoms with E-state index in [0.717, 1.165) is 17.9 Å². The maximum absolute atomic E-state index is 5.85. The van der Waals surface area contributed by atoms with Gasteiger partial charge in [0.2, 0.25) is 0 Å². The number of aryl methyl sites for hydroxylation is 1. The SMILES string of the molecule is NC1CCc2cc(Cl)ccc21. The second-order valence-electron chi connectivity index (χ2n) is 2.99. The molecule has 0 spiro atoms. The molecule has 0 saturated carbocycles. The quantitative estimate of drug-likeness (QED) is 0.631. The van der Waals surface area contributed by atoms with Crippen molar-refractivity contribution in [2.45, 2.75) is 18.9 Å². The van der Waals surface area contributed by atoms with Crippen LogP contribution >= 0.6 is 11.6 Å². The first-order valence-electron chi connectivity index (χ1n) is 3.81. The molecule has 11 heavy (non-hydrogen) atoms. The molecule has 1 aromatic carbocycles. The molecule has 0 heterocycles. The average Bonchev–Trinajstić information content (AvgIpc) is 2.32. The van der Waals surface area contributed by atoms with Crippen LogP contribution in [0.25, 0.3) is 0 Å². The Hall–Kier alpha value is -0.530. The summed E-state index contributed by atoms with van der Waals surface area (Å²) in [6, 6.07) is 6.20. The van der Waals surface area contributed by atoms with Crippen molar-refractivity contribution in [2.75, 3.05) is 0 Å². The zero-order valence-electron chi connectivity index (χ0n) is 6.18. The lowest BCUT2D eigenvalue weighted by atomic mass is 10.1. The van der Waals surface area contributed by atoms with Crippen LogP contribution in [-0.2, 0) is 6.42 Å². The van der Waals surface area contributed by atoms with Crippen molar-refractivity contribution in [3.63, 3.8) is 0 Å². The van der Waals surface area contributed by atoms with E-state index >= 15 is 0 Å². The van der Waals surface area contributed by atoms with Crippen molar-refractivity contribution in [3.05, 3.63) is 34.3 Å².